The first-order valence-corrected chi connectivity index (χ1v) is 5.63. The molecule has 3 N–H and O–H groups in total. The molecular weight excluding hydrogens is 186 g/mol. The molecule has 3 nitrogen and oxygen atoms in total. The second kappa shape index (κ2) is 4.09. The van der Waals surface area contributed by atoms with E-state index in [2.05, 4.69) is 17.2 Å². The summed E-state index contributed by atoms with van der Waals surface area (Å²) >= 11 is 0. The molecule has 0 spiro atoms. The molecule has 1 aliphatic carbocycles. The van der Waals surface area contributed by atoms with Crippen LogP contribution in [0.1, 0.15) is 25.3 Å². The van der Waals surface area contributed by atoms with Crippen molar-refractivity contribution in [1.82, 2.24) is 4.98 Å². The van der Waals surface area contributed by atoms with E-state index >= 15 is 0 Å². The minimum absolute atomic E-state index is 0.728. The maximum absolute atomic E-state index is 5.94. The SMILES string of the molecule is Cc1ccnc(NCC(C)C2CC2)c1N. The fraction of sp³-hybridized carbons (Fsp3) is 0.583. The minimum Gasteiger partial charge on any atom is -0.396 e. The van der Waals surface area contributed by atoms with Crippen molar-refractivity contribution in [2.24, 2.45) is 11.8 Å². The Labute approximate surface area is 91.1 Å². The molecule has 15 heavy (non-hydrogen) atoms. The Morgan fingerprint density at radius 3 is 3.00 bits per heavy atom. The number of hydrogen-bond acceptors (Lipinski definition) is 3. The lowest BCUT2D eigenvalue weighted by Gasteiger charge is -2.14. The van der Waals surface area contributed by atoms with Gasteiger partial charge in [0.25, 0.3) is 0 Å². The van der Waals surface area contributed by atoms with E-state index in [0.29, 0.717) is 0 Å². The van der Waals surface area contributed by atoms with Crippen molar-refractivity contribution in [3.05, 3.63) is 17.8 Å². The number of nitrogens with zero attached hydrogens (tertiary/aromatic N) is 1. The molecule has 3 heteroatoms. The lowest BCUT2D eigenvalue weighted by atomic mass is 10.1. The minimum atomic E-state index is 0.728. The molecule has 1 aromatic rings. The first kappa shape index (κ1) is 10.3. The van der Waals surface area contributed by atoms with Gasteiger partial charge in [0.2, 0.25) is 0 Å². The first-order valence-electron chi connectivity index (χ1n) is 5.63. The summed E-state index contributed by atoms with van der Waals surface area (Å²) in [5, 5.41) is 3.34. The van der Waals surface area contributed by atoms with E-state index in [4.69, 9.17) is 5.73 Å². The highest BCUT2D eigenvalue weighted by Crippen LogP contribution is 2.36. The molecular formula is C12H19N3. The molecule has 1 unspecified atom stereocenters. The number of nitrogen functional groups attached to an aromatic ring is 1. The van der Waals surface area contributed by atoms with Gasteiger partial charge in [0.15, 0.2) is 0 Å². The highest BCUT2D eigenvalue weighted by molar-refractivity contribution is 5.64. The van der Waals surface area contributed by atoms with Crippen LogP contribution >= 0.6 is 0 Å². The third-order valence-electron chi connectivity index (χ3n) is 3.23. The van der Waals surface area contributed by atoms with E-state index in [1.54, 1.807) is 6.20 Å². The summed E-state index contributed by atoms with van der Waals surface area (Å²) in [5.41, 5.74) is 7.80. The number of nitrogens with two attached hydrogens (primary N) is 1. The van der Waals surface area contributed by atoms with Crippen LogP contribution in [0.4, 0.5) is 11.5 Å². The van der Waals surface area contributed by atoms with E-state index in [9.17, 15) is 0 Å². The lowest BCUT2D eigenvalue weighted by molar-refractivity contribution is 0.536. The quantitative estimate of drug-likeness (QED) is 0.793. The molecule has 0 aliphatic heterocycles. The highest BCUT2D eigenvalue weighted by atomic mass is 15.0. The Morgan fingerprint density at radius 1 is 1.60 bits per heavy atom. The highest BCUT2D eigenvalue weighted by Gasteiger charge is 2.27. The zero-order valence-corrected chi connectivity index (χ0v) is 9.46. The lowest BCUT2D eigenvalue weighted by Crippen LogP contribution is -2.15. The van der Waals surface area contributed by atoms with Gasteiger partial charge in [0.1, 0.15) is 5.82 Å². The van der Waals surface area contributed by atoms with Gasteiger partial charge >= 0.3 is 0 Å². The predicted molar refractivity (Wildman–Crippen MR) is 63.8 cm³/mol. The topological polar surface area (TPSA) is 50.9 Å². The van der Waals surface area contributed by atoms with Crippen LogP contribution in [-0.4, -0.2) is 11.5 Å². The summed E-state index contributed by atoms with van der Waals surface area (Å²) in [7, 11) is 0. The van der Waals surface area contributed by atoms with Crippen LogP contribution in [0.2, 0.25) is 0 Å². The summed E-state index contributed by atoms with van der Waals surface area (Å²) in [5.74, 6) is 2.48. The first-order chi connectivity index (χ1) is 7.18. The van der Waals surface area contributed by atoms with Gasteiger partial charge in [-0.3, -0.25) is 0 Å². The molecule has 1 aromatic heterocycles. The third kappa shape index (κ3) is 2.41. The van der Waals surface area contributed by atoms with Gasteiger partial charge in [0.05, 0.1) is 5.69 Å². The Kier molecular flexibility index (Phi) is 2.80. The maximum Gasteiger partial charge on any atom is 0.149 e. The average Bonchev–Trinajstić information content (AvgIpc) is 3.03. The summed E-state index contributed by atoms with van der Waals surface area (Å²) in [4.78, 5) is 4.25. The molecule has 0 bridgehead atoms. The molecule has 1 fully saturated rings. The molecule has 0 aromatic carbocycles. The van der Waals surface area contributed by atoms with E-state index in [1.807, 2.05) is 13.0 Å². The van der Waals surface area contributed by atoms with Crippen molar-refractivity contribution < 1.29 is 0 Å². The van der Waals surface area contributed by atoms with Crippen LogP contribution in [0, 0.1) is 18.8 Å². The fourth-order valence-corrected chi connectivity index (χ4v) is 1.80. The van der Waals surface area contributed by atoms with Gasteiger partial charge in [-0.25, -0.2) is 4.98 Å². The van der Waals surface area contributed by atoms with Crippen molar-refractivity contribution in [3.63, 3.8) is 0 Å². The number of rotatable bonds is 4. The normalized spacial score (nSPS) is 17.5. The monoisotopic (exact) mass is 205 g/mol. The Balaban J connectivity index is 1.95. The molecule has 1 atom stereocenters. The molecule has 0 amide bonds. The summed E-state index contributed by atoms with van der Waals surface area (Å²) in [6.45, 7) is 5.27. The number of aryl methyl sites for hydroxylation is 1. The molecule has 1 saturated carbocycles. The van der Waals surface area contributed by atoms with Crippen LogP contribution < -0.4 is 11.1 Å². The van der Waals surface area contributed by atoms with Crippen LogP contribution in [0.3, 0.4) is 0 Å². The summed E-state index contributed by atoms with van der Waals surface area (Å²) in [6.07, 6.45) is 4.58. The predicted octanol–water partition coefficient (Wildman–Crippen LogP) is 2.43. The van der Waals surface area contributed by atoms with Crippen molar-refractivity contribution in [3.8, 4) is 0 Å². The number of nitrogens with one attached hydrogen (secondary N) is 1. The zero-order chi connectivity index (χ0) is 10.8. The average molecular weight is 205 g/mol. The smallest absolute Gasteiger partial charge is 0.149 e. The Bertz CT molecular complexity index is 345. The molecule has 0 saturated heterocycles. The van der Waals surface area contributed by atoms with Crippen LogP contribution in [0.25, 0.3) is 0 Å². The van der Waals surface area contributed by atoms with E-state index in [0.717, 1.165) is 35.4 Å². The maximum atomic E-state index is 5.94. The Hall–Kier alpha value is -1.25. The number of pyridine rings is 1. The molecule has 1 heterocycles. The van der Waals surface area contributed by atoms with E-state index in [1.165, 1.54) is 12.8 Å². The second-order valence-electron chi connectivity index (χ2n) is 4.59. The molecule has 1 aliphatic rings. The molecule has 0 radical (unpaired) electrons. The third-order valence-corrected chi connectivity index (χ3v) is 3.23. The molecule has 82 valence electrons. The van der Waals surface area contributed by atoms with Crippen molar-refractivity contribution in [2.45, 2.75) is 26.7 Å². The van der Waals surface area contributed by atoms with Crippen LogP contribution in [-0.2, 0) is 0 Å². The Morgan fingerprint density at radius 2 is 2.33 bits per heavy atom. The second-order valence-corrected chi connectivity index (χ2v) is 4.59. The number of anilines is 2. The largest absolute Gasteiger partial charge is 0.396 e. The van der Waals surface area contributed by atoms with Gasteiger partial charge < -0.3 is 11.1 Å². The van der Waals surface area contributed by atoms with Gasteiger partial charge in [-0.2, -0.15) is 0 Å². The van der Waals surface area contributed by atoms with Gasteiger partial charge in [-0.05, 0) is 43.2 Å². The van der Waals surface area contributed by atoms with Crippen molar-refractivity contribution in [1.29, 1.82) is 0 Å². The summed E-state index contributed by atoms with van der Waals surface area (Å²) < 4.78 is 0. The van der Waals surface area contributed by atoms with E-state index < -0.39 is 0 Å². The number of aromatic nitrogens is 1. The van der Waals surface area contributed by atoms with Crippen LogP contribution in [0.15, 0.2) is 12.3 Å². The summed E-state index contributed by atoms with van der Waals surface area (Å²) in [6, 6.07) is 1.94. The zero-order valence-electron chi connectivity index (χ0n) is 9.46. The number of hydrogen-bond donors (Lipinski definition) is 2. The van der Waals surface area contributed by atoms with Gasteiger partial charge in [0, 0.05) is 12.7 Å². The standard InChI is InChI=1S/C12H19N3/c1-8-5-6-14-12(11(8)13)15-7-9(2)10-3-4-10/h5-6,9-10H,3-4,7,13H2,1-2H3,(H,14,15). The van der Waals surface area contributed by atoms with Gasteiger partial charge in [-0.15, -0.1) is 0 Å². The van der Waals surface area contributed by atoms with E-state index in [-0.39, 0.29) is 0 Å². The molecule has 2 rings (SSSR count). The van der Waals surface area contributed by atoms with Crippen molar-refractivity contribution in [2.75, 3.05) is 17.6 Å². The van der Waals surface area contributed by atoms with Gasteiger partial charge in [-0.1, -0.05) is 6.92 Å². The van der Waals surface area contributed by atoms with Crippen molar-refractivity contribution >= 4 is 11.5 Å². The fourth-order valence-electron chi connectivity index (χ4n) is 1.80. The van der Waals surface area contributed by atoms with Crippen LogP contribution in [0.5, 0.6) is 0 Å².